The van der Waals surface area contributed by atoms with Gasteiger partial charge in [0.05, 0.1) is 12.7 Å². The second kappa shape index (κ2) is 4.49. The molecule has 0 unspecified atom stereocenters. The Balaban J connectivity index is 2.54. The van der Waals surface area contributed by atoms with Gasteiger partial charge in [0.1, 0.15) is 11.5 Å². The van der Waals surface area contributed by atoms with Crippen molar-refractivity contribution in [1.29, 1.82) is 0 Å². The monoisotopic (exact) mass is 232 g/mol. The van der Waals surface area contributed by atoms with E-state index in [0.717, 1.165) is 34.6 Å². The Labute approximate surface area is 100 Å². The number of methoxy groups -OCH3 is 1. The molecule has 0 saturated heterocycles. The molecule has 1 aromatic heterocycles. The zero-order valence-corrected chi connectivity index (χ0v) is 10.3. The van der Waals surface area contributed by atoms with E-state index < -0.39 is 0 Å². The summed E-state index contributed by atoms with van der Waals surface area (Å²) in [6.07, 6.45) is 0.904. The second-order valence-electron chi connectivity index (χ2n) is 3.88. The molecular formula is C13H16N2O2. The fourth-order valence-electron chi connectivity index (χ4n) is 1.95. The summed E-state index contributed by atoms with van der Waals surface area (Å²) in [5.41, 5.74) is 8.82. The Morgan fingerprint density at radius 1 is 1.41 bits per heavy atom. The van der Waals surface area contributed by atoms with E-state index in [2.05, 4.69) is 18.1 Å². The van der Waals surface area contributed by atoms with Crippen LogP contribution in [-0.4, -0.2) is 12.3 Å². The number of anilines is 1. The summed E-state index contributed by atoms with van der Waals surface area (Å²) < 4.78 is 10.4. The van der Waals surface area contributed by atoms with Crippen LogP contribution < -0.4 is 10.5 Å². The molecule has 0 saturated carbocycles. The number of hydrogen-bond donors (Lipinski definition) is 1. The summed E-state index contributed by atoms with van der Waals surface area (Å²) in [6, 6.07) is 5.97. The summed E-state index contributed by atoms with van der Waals surface area (Å²) in [5.74, 6) is 2.05. The molecule has 2 N–H and O–H groups in total. The highest BCUT2D eigenvalue weighted by molar-refractivity contribution is 5.76. The van der Waals surface area contributed by atoms with Gasteiger partial charge in [-0.1, -0.05) is 18.1 Å². The average molecular weight is 232 g/mol. The molecular weight excluding hydrogens is 216 g/mol. The SMILES string of the molecule is CCc1cc(-c2c(N)noc2C)ccc1OC. The Morgan fingerprint density at radius 3 is 2.71 bits per heavy atom. The van der Waals surface area contributed by atoms with E-state index in [0.29, 0.717) is 5.82 Å². The Hall–Kier alpha value is -1.97. The van der Waals surface area contributed by atoms with Crippen molar-refractivity contribution in [3.05, 3.63) is 29.5 Å². The lowest BCUT2D eigenvalue weighted by Crippen LogP contribution is -1.93. The third-order valence-electron chi connectivity index (χ3n) is 2.84. The van der Waals surface area contributed by atoms with Crippen molar-refractivity contribution in [2.45, 2.75) is 20.3 Å². The van der Waals surface area contributed by atoms with E-state index in [1.54, 1.807) is 7.11 Å². The van der Waals surface area contributed by atoms with Crippen molar-refractivity contribution in [3.8, 4) is 16.9 Å². The van der Waals surface area contributed by atoms with Crippen molar-refractivity contribution in [3.63, 3.8) is 0 Å². The normalized spacial score (nSPS) is 10.5. The average Bonchev–Trinajstić information content (AvgIpc) is 2.68. The Bertz CT molecular complexity index is 513. The minimum Gasteiger partial charge on any atom is -0.496 e. The zero-order valence-electron chi connectivity index (χ0n) is 10.3. The van der Waals surface area contributed by atoms with Crippen molar-refractivity contribution in [2.24, 2.45) is 0 Å². The lowest BCUT2D eigenvalue weighted by molar-refractivity contribution is 0.401. The number of aromatic nitrogens is 1. The van der Waals surface area contributed by atoms with Gasteiger partial charge in [0.15, 0.2) is 5.82 Å². The lowest BCUT2D eigenvalue weighted by Gasteiger charge is -2.08. The van der Waals surface area contributed by atoms with Crippen molar-refractivity contribution in [2.75, 3.05) is 12.8 Å². The molecule has 4 nitrogen and oxygen atoms in total. The van der Waals surface area contributed by atoms with Gasteiger partial charge in [-0.25, -0.2) is 0 Å². The van der Waals surface area contributed by atoms with Crippen molar-refractivity contribution >= 4 is 5.82 Å². The van der Waals surface area contributed by atoms with E-state index >= 15 is 0 Å². The number of nitrogens with two attached hydrogens (primary N) is 1. The predicted molar refractivity (Wildman–Crippen MR) is 67.0 cm³/mol. The quantitative estimate of drug-likeness (QED) is 0.883. The minimum absolute atomic E-state index is 0.426. The van der Waals surface area contributed by atoms with Crippen molar-refractivity contribution in [1.82, 2.24) is 5.16 Å². The fraction of sp³-hybridized carbons (Fsp3) is 0.308. The van der Waals surface area contributed by atoms with Crippen LogP contribution in [0.25, 0.3) is 11.1 Å². The van der Waals surface area contributed by atoms with Gasteiger partial charge in [0.2, 0.25) is 0 Å². The Kier molecular flexibility index (Phi) is 3.04. The first kappa shape index (κ1) is 11.5. The number of hydrogen-bond acceptors (Lipinski definition) is 4. The molecule has 90 valence electrons. The third kappa shape index (κ3) is 1.98. The number of nitrogen functional groups attached to an aromatic ring is 1. The van der Waals surface area contributed by atoms with Gasteiger partial charge in [-0.15, -0.1) is 0 Å². The van der Waals surface area contributed by atoms with Crippen LogP contribution in [0.2, 0.25) is 0 Å². The molecule has 1 heterocycles. The molecule has 4 heteroatoms. The van der Waals surface area contributed by atoms with Crippen LogP contribution >= 0.6 is 0 Å². The fourth-order valence-corrected chi connectivity index (χ4v) is 1.95. The topological polar surface area (TPSA) is 61.3 Å². The second-order valence-corrected chi connectivity index (χ2v) is 3.88. The van der Waals surface area contributed by atoms with Crippen LogP contribution in [0.4, 0.5) is 5.82 Å². The lowest BCUT2D eigenvalue weighted by atomic mass is 10.0. The predicted octanol–water partition coefficient (Wildman–Crippen LogP) is 2.80. The van der Waals surface area contributed by atoms with Crippen LogP contribution in [0.15, 0.2) is 22.7 Å². The van der Waals surface area contributed by atoms with E-state index in [9.17, 15) is 0 Å². The smallest absolute Gasteiger partial charge is 0.175 e. The van der Waals surface area contributed by atoms with Crippen LogP contribution in [-0.2, 0) is 6.42 Å². The van der Waals surface area contributed by atoms with Gasteiger partial charge >= 0.3 is 0 Å². The summed E-state index contributed by atoms with van der Waals surface area (Å²) in [5, 5.41) is 3.76. The molecule has 1 aromatic carbocycles. The maximum Gasteiger partial charge on any atom is 0.175 e. The van der Waals surface area contributed by atoms with Gasteiger partial charge in [-0.05, 0) is 36.6 Å². The van der Waals surface area contributed by atoms with Crippen LogP contribution in [0, 0.1) is 6.92 Å². The summed E-state index contributed by atoms with van der Waals surface area (Å²) in [6.45, 7) is 3.94. The zero-order chi connectivity index (χ0) is 12.4. The molecule has 0 aliphatic rings. The first-order valence-electron chi connectivity index (χ1n) is 5.56. The largest absolute Gasteiger partial charge is 0.496 e. The maximum absolute atomic E-state index is 5.80. The standard InChI is InChI=1S/C13H16N2O2/c1-4-9-7-10(5-6-11(9)16-3)12-8(2)17-15-13(12)14/h5-7H,4H2,1-3H3,(H2,14,15). The summed E-state index contributed by atoms with van der Waals surface area (Å²) >= 11 is 0. The molecule has 2 aromatic rings. The summed E-state index contributed by atoms with van der Waals surface area (Å²) in [7, 11) is 1.67. The summed E-state index contributed by atoms with van der Waals surface area (Å²) in [4.78, 5) is 0. The third-order valence-corrected chi connectivity index (χ3v) is 2.84. The molecule has 2 rings (SSSR count). The molecule has 0 radical (unpaired) electrons. The van der Waals surface area contributed by atoms with Crippen molar-refractivity contribution < 1.29 is 9.26 Å². The molecule has 0 atom stereocenters. The molecule has 0 spiro atoms. The number of benzene rings is 1. The van der Waals surface area contributed by atoms with Crippen LogP contribution in [0.3, 0.4) is 0 Å². The minimum atomic E-state index is 0.426. The molecule has 0 fully saturated rings. The number of rotatable bonds is 3. The molecule has 0 amide bonds. The molecule has 0 bridgehead atoms. The first-order valence-corrected chi connectivity index (χ1v) is 5.56. The number of ether oxygens (including phenoxy) is 1. The van der Waals surface area contributed by atoms with Gasteiger partial charge in [-0.2, -0.15) is 0 Å². The number of aryl methyl sites for hydroxylation is 2. The van der Waals surface area contributed by atoms with E-state index in [-0.39, 0.29) is 0 Å². The molecule has 17 heavy (non-hydrogen) atoms. The molecule has 0 aliphatic heterocycles. The highest BCUT2D eigenvalue weighted by Crippen LogP contribution is 2.32. The van der Waals surface area contributed by atoms with Gasteiger partial charge in [-0.3, -0.25) is 0 Å². The molecule has 0 aliphatic carbocycles. The van der Waals surface area contributed by atoms with Gasteiger partial charge < -0.3 is 15.0 Å². The number of nitrogens with zero attached hydrogens (tertiary/aromatic N) is 1. The first-order chi connectivity index (χ1) is 8.17. The van der Waals surface area contributed by atoms with E-state index in [1.165, 1.54) is 0 Å². The Morgan fingerprint density at radius 2 is 2.18 bits per heavy atom. The van der Waals surface area contributed by atoms with Crippen LogP contribution in [0.5, 0.6) is 5.75 Å². The van der Waals surface area contributed by atoms with Gasteiger partial charge in [0.25, 0.3) is 0 Å². The van der Waals surface area contributed by atoms with Gasteiger partial charge in [0, 0.05) is 0 Å². The van der Waals surface area contributed by atoms with E-state index in [4.69, 9.17) is 15.0 Å². The highest BCUT2D eigenvalue weighted by atomic mass is 16.5. The van der Waals surface area contributed by atoms with Crippen LogP contribution in [0.1, 0.15) is 18.2 Å². The van der Waals surface area contributed by atoms with E-state index in [1.807, 2.05) is 19.1 Å². The maximum atomic E-state index is 5.80. The highest BCUT2D eigenvalue weighted by Gasteiger charge is 2.13.